The monoisotopic (exact) mass is 316 g/mol. The Hall–Kier alpha value is -2.85. The molecule has 11 heteroatoms. The number of Topliss-reactive ketones (excluding diaryl/α,β-unsaturated/α-hetero) is 1. The third-order valence-electron chi connectivity index (χ3n) is 2.78. The molecule has 0 saturated carbocycles. The van der Waals surface area contributed by atoms with E-state index in [4.69, 9.17) is 0 Å². The lowest BCUT2D eigenvalue weighted by Crippen LogP contribution is -2.31. The van der Waals surface area contributed by atoms with Crippen molar-refractivity contribution in [2.24, 2.45) is 5.18 Å². The average Bonchev–Trinajstić information content (AvgIpc) is 2.43. The van der Waals surface area contributed by atoms with Gasteiger partial charge < -0.3 is 10.1 Å². The summed E-state index contributed by atoms with van der Waals surface area (Å²) in [6.45, 7) is 0. The molecule has 116 valence electrons. The second-order valence-corrected chi connectivity index (χ2v) is 4.22. The summed E-state index contributed by atoms with van der Waals surface area (Å²) in [5, 5.41) is 11.7. The van der Waals surface area contributed by atoms with Crippen molar-refractivity contribution in [1.29, 1.82) is 0 Å². The smallest absolute Gasteiger partial charge is 0.414 e. The third-order valence-corrected chi connectivity index (χ3v) is 2.78. The number of aromatic hydroxyl groups is 1. The Bertz CT molecular complexity index is 802. The molecule has 8 nitrogen and oxygen atoms in total. The molecule has 0 fully saturated rings. The van der Waals surface area contributed by atoms with Crippen LogP contribution in [-0.4, -0.2) is 38.1 Å². The van der Waals surface area contributed by atoms with E-state index in [-0.39, 0.29) is 11.2 Å². The molecule has 22 heavy (non-hydrogen) atoms. The van der Waals surface area contributed by atoms with Crippen molar-refractivity contribution in [2.75, 3.05) is 0 Å². The Balaban J connectivity index is 2.49. The Kier molecular flexibility index (Phi) is 3.89. The van der Waals surface area contributed by atoms with Crippen molar-refractivity contribution >= 4 is 16.9 Å². The van der Waals surface area contributed by atoms with Gasteiger partial charge in [0.15, 0.2) is 23.2 Å². The summed E-state index contributed by atoms with van der Waals surface area (Å²) in [7, 11) is 0. The maximum atomic E-state index is 12.4. The van der Waals surface area contributed by atoms with E-state index in [1.54, 1.807) is 0 Å². The fraction of sp³-hybridized carbons (Fsp3) is 0.273. The van der Waals surface area contributed by atoms with Crippen LogP contribution in [0.4, 0.5) is 13.2 Å². The van der Waals surface area contributed by atoms with Gasteiger partial charge in [-0.3, -0.25) is 9.59 Å². The second-order valence-electron chi connectivity index (χ2n) is 4.22. The molecule has 2 rings (SSSR count). The highest BCUT2D eigenvalue weighted by Crippen LogP contribution is 2.28. The molecule has 0 aliphatic heterocycles. The normalized spacial score (nSPS) is 13.0. The predicted molar refractivity (Wildman–Crippen MR) is 66.4 cm³/mol. The van der Waals surface area contributed by atoms with Crippen molar-refractivity contribution in [2.45, 2.75) is 18.6 Å². The number of carbonyl (C=O) groups excluding carboxylic acids is 1. The van der Waals surface area contributed by atoms with Crippen molar-refractivity contribution in [3.8, 4) is 5.75 Å². The molecule has 0 aliphatic rings. The first kappa shape index (κ1) is 15.5. The summed E-state index contributed by atoms with van der Waals surface area (Å²) >= 11 is 0. The number of hydrogen-bond donors (Lipinski definition) is 2. The van der Waals surface area contributed by atoms with Gasteiger partial charge in [0.05, 0.1) is 0 Å². The van der Waals surface area contributed by atoms with E-state index in [9.17, 15) is 32.8 Å². The van der Waals surface area contributed by atoms with Crippen LogP contribution in [0.15, 0.2) is 22.4 Å². The van der Waals surface area contributed by atoms with Crippen molar-refractivity contribution in [3.05, 3.63) is 33.2 Å². The highest BCUT2D eigenvalue weighted by molar-refractivity contribution is 6.02. The topological polar surface area (TPSA) is 125 Å². The van der Waals surface area contributed by atoms with E-state index in [1.807, 2.05) is 5.18 Å². The van der Waals surface area contributed by atoms with Crippen LogP contribution in [0.5, 0.6) is 5.75 Å². The number of alkyl halides is 3. The van der Waals surface area contributed by atoms with E-state index < -0.39 is 41.3 Å². The molecule has 2 aromatic rings. The van der Waals surface area contributed by atoms with Crippen molar-refractivity contribution in [1.82, 2.24) is 15.0 Å². The average molecular weight is 316 g/mol. The fourth-order valence-electron chi connectivity index (χ4n) is 1.75. The molecule has 2 heterocycles. The summed E-state index contributed by atoms with van der Waals surface area (Å²) < 4.78 is 37.3. The van der Waals surface area contributed by atoms with Crippen LogP contribution in [0.25, 0.3) is 11.2 Å². The van der Waals surface area contributed by atoms with Crippen LogP contribution in [0, 0.1) is 4.91 Å². The Morgan fingerprint density at radius 3 is 2.59 bits per heavy atom. The number of aromatic nitrogens is 3. The molecular formula is C11H7F3N4O4. The number of halogens is 3. The van der Waals surface area contributed by atoms with Crippen molar-refractivity contribution < 1.29 is 23.1 Å². The Labute approximate surface area is 119 Å². The third kappa shape index (κ3) is 2.77. The number of rotatable bonds is 4. The van der Waals surface area contributed by atoms with Gasteiger partial charge in [-0.15, -0.1) is 0 Å². The van der Waals surface area contributed by atoms with E-state index in [0.29, 0.717) is 0 Å². The van der Waals surface area contributed by atoms with E-state index in [0.717, 1.165) is 6.20 Å². The second kappa shape index (κ2) is 5.50. The minimum absolute atomic E-state index is 0.137. The number of aromatic amines is 1. The van der Waals surface area contributed by atoms with Crippen LogP contribution in [-0.2, 0) is 0 Å². The number of ketones is 1. The highest BCUT2D eigenvalue weighted by atomic mass is 19.4. The number of nitroso groups, excluding NO2 is 1. The minimum Gasteiger partial charge on any atom is -0.505 e. The zero-order valence-corrected chi connectivity index (χ0v) is 10.6. The lowest BCUT2D eigenvalue weighted by molar-refractivity contribution is -0.146. The molecule has 0 aromatic carbocycles. The SMILES string of the molecule is O=NC(CC(=O)c1c(O)c2nccnc2[nH]c1=O)C(F)(F)F. The lowest BCUT2D eigenvalue weighted by Gasteiger charge is -2.12. The van der Waals surface area contributed by atoms with Gasteiger partial charge in [0.1, 0.15) is 11.1 Å². The first-order valence-electron chi connectivity index (χ1n) is 5.74. The predicted octanol–water partition coefficient (Wildman–Crippen LogP) is 1.29. The number of nitrogens with one attached hydrogen (secondary N) is 1. The molecule has 0 radical (unpaired) electrons. The molecule has 0 aliphatic carbocycles. The van der Waals surface area contributed by atoms with Gasteiger partial charge in [-0.05, 0) is 0 Å². The molecule has 1 unspecified atom stereocenters. The summed E-state index contributed by atoms with van der Waals surface area (Å²) in [5.74, 6) is -2.28. The van der Waals surface area contributed by atoms with E-state index in [1.165, 1.54) is 6.20 Å². The summed E-state index contributed by atoms with van der Waals surface area (Å²) in [4.78, 5) is 43.2. The molecule has 0 spiro atoms. The number of carbonyl (C=O) groups is 1. The number of nitrogens with zero attached hydrogens (tertiary/aromatic N) is 3. The number of H-pyrrole nitrogens is 1. The van der Waals surface area contributed by atoms with Crippen LogP contribution in [0.1, 0.15) is 16.8 Å². The molecule has 2 aromatic heterocycles. The zero-order valence-electron chi connectivity index (χ0n) is 10.6. The zero-order chi connectivity index (χ0) is 16.5. The molecule has 1 atom stereocenters. The maximum absolute atomic E-state index is 12.4. The minimum atomic E-state index is -5.03. The first-order chi connectivity index (χ1) is 10.3. The van der Waals surface area contributed by atoms with Crippen LogP contribution in [0.3, 0.4) is 0 Å². The number of fused-ring (bicyclic) bond motifs is 1. The Morgan fingerprint density at radius 1 is 1.36 bits per heavy atom. The van der Waals surface area contributed by atoms with E-state index >= 15 is 0 Å². The molecular weight excluding hydrogens is 309 g/mol. The van der Waals surface area contributed by atoms with Gasteiger partial charge in [0.2, 0.25) is 0 Å². The van der Waals surface area contributed by atoms with Crippen LogP contribution in [0.2, 0.25) is 0 Å². The summed E-state index contributed by atoms with van der Waals surface area (Å²) in [6, 6.07) is -2.81. The quantitative estimate of drug-likeness (QED) is 0.646. The fourth-order valence-corrected chi connectivity index (χ4v) is 1.75. The largest absolute Gasteiger partial charge is 0.505 e. The molecule has 0 saturated heterocycles. The van der Waals surface area contributed by atoms with Crippen LogP contribution >= 0.6 is 0 Å². The number of hydrogen-bond acceptors (Lipinski definition) is 7. The van der Waals surface area contributed by atoms with Gasteiger partial charge in [-0.2, -0.15) is 18.1 Å². The highest BCUT2D eigenvalue weighted by Gasteiger charge is 2.43. The van der Waals surface area contributed by atoms with E-state index in [2.05, 4.69) is 15.0 Å². The standard InChI is InChI=1S/C11H7F3N4O4/c12-11(13,14)5(18-22)3-4(19)6-8(20)7-9(17-10(6)21)16-2-1-15-7/h1-2,5H,3H2,(H2,16,17,20,21). The van der Waals surface area contributed by atoms with Gasteiger partial charge in [0, 0.05) is 18.8 Å². The Morgan fingerprint density at radius 2 is 2.00 bits per heavy atom. The summed E-state index contributed by atoms with van der Waals surface area (Å²) in [5.41, 5.74) is -2.45. The summed E-state index contributed by atoms with van der Waals surface area (Å²) in [6.07, 6.45) is -4.07. The maximum Gasteiger partial charge on any atom is 0.414 e. The molecule has 0 amide bonds. The molecule has 0 bridgehead atoms. The first-order valence-corrected chi connectivity index (χ1v) is 5.74. The lowest BCUT2D eigenvalue weighted by atomic mass is 10.0. The van der Waals surface area contributed by atoms with Crippen LogP contribution < -0.4 is 5.56 Å². The molecule has 2 N–H and O–H groups in total. The van der Waals surface area contributed by atoms with Gasteiger partial charge in [0.25, 0.3) is 5.56 Å². The van der Waals surface area contributed by atoms with Crippen molar-refractivity contribution in [3.63, 3.8) is 0 Å². The van der Waals surface area contributed by atoms with Gasteiger partial charge in [-0.25, -0.2) is 9.97 Å². The van der Waals surface area contributed by atoms with Gasteiger partial charge in [-0.1, -0.05) is 5.18 Å². The van der Waals surface area contributed by atoms with Gasteiger partial charge >= 0.3 is 6.18 Å². The number of pyridine rings is 1.